The molecule has 0 saturated heterocycles. The molecule has 0 aliphatic rings. The summed E-state index contributed by atoms with van der Waals surface area (Å²) in [5.74, 6) is 2.64. The van der Waals surface area contributed by atoms with Gasteiger partial charge in [-0.05, 0) is 38.1 Å². The van der Waals surface area contributed by atoms with Crippen molar-refractivity contribution in [1.82, 2.24) is 15.0 Å². The Labute approximate surface area is 124 Å². The van der Waals surface area contributed by atoms with E-state index in [1.807, 2.05) is 18.3 Å². The van der Waals surface area contributed by atoms with Gasteiger partial charge >= 0.3 is 0 Å². The molecule has 0 spiro atoms. The van der Waals surface area contributed by atoms with Crippen LogP contribution in [0, 0.1) is 6.92 Å². The van der Waals surface area contributed by atoms with Crippen LogP contribution in [0.15, 0.2) is 17.5 Å². The normalized spacial score (nSPS) is 12.7. The molecule has 5 heteroatoms. The summed E-state index contributed by atoms with van der Waals surface area (Å²) in [6, 6.07) is 4.63. The molecule has 0 radical (unpaired) electrons. The number of thiophene rings is 1. The maximum Gasteiger partial charge on any atom is 0.226 e. The quantitative estimate of drug-likeness (QED) is 0.879. The van der Waals surface area contributed by atoms with Crippen molar-refractivity contribution in [3.05, 3.63) is 34.0 Å². The molecular weight excluding hydrogens is 268 g/mol. The lowest BCUT2D eigenvalue weighted by Gasteiger charge is -2.14. The molecule has 0 aliphatic heterocycles. The van der Waals surface area contributed by atoms with Gasteiger partial charge in [-0.2, -0.15) is 9.97 Å². The molecule has 1 N–H and O–H groups in total. The van der Waals surface area contributed by atoms with Gasteiger partial charge in [0.1, 0.15) is 11.6 Å². The fourth-order valence-corrected chi connectivity index (χ4v) is 2.66. The zero-order valence-electron chi connectivity index (χ0n) is 12.6. The average Bonchev–Trinajstić information content (AvgIpc) is 2.88. The van der Waals surface area contributed by atoms with Crippen LogP contribution < -0.4 is 5.32 Å². The minimum Gasteiger partial charge on any atom is -0.352 e. The molecule has 4 nitrogen and oxygen atoms in total. The predicted octanol–water partition coefficient (Wildman–Crippen LogP) is 3.80. The number of hydrogen-bond acceptors (Lipinski definition) is 5. The molecule has 0 fully saturated rings. The van der Waals surface area contributed by atoms with Gasteiger partial charge in [-0.15, -0.1) is 11.3 Å². The van der Waals surface area contributed by atoms with Crippen LogP contribution in [0.2, 0.25) is 0 Å². The molecule has 0 aliphatic carbocycles. The third-order valence-electron chi connectivity index (χ3n) is 3.06. The summed E-state index contributed by atoms with van der Waals surface area (Å²) in [5, 5.41) is 5.51. The first kappa shape index (κ1) is 14.9. The van der Waals surface area contributed by atoms with Crippen LogP contribution in [0.5, 0.6) is 0 Å². The van der Waals surface area contributed by atoms with Crippen LogP contribution in [0.25, 0.3) is 0 Å². The SMILES string of the molecule is Cc1nc(NC(C)CCc2cccs2)nc(C(C)C)n1. The summed E-state index contributed by atoms with van der Waals surface area (Å²) in [6.45, 7) is 8.27. The standard InChI is InChI=1S/C15H22N4S/c1-10(2)14-17-12(4)18-15(19-14)16-11(3)7-8-13-6-5-9-20-13/h5-6,9-11H,7-8H2,1-4H3,(H,16,17,18,19). The number of hydrogen-bond donors (Lipinski definition) is 1. The van der Waals surface area contributed by atoms with Gasteiger partial charge in [-0.25, -0.2) is 4.98 Å². The molecule has 0 bridgehead atoms. The van der Waals surface area contributed by atoms with E-state index >= 15 is 0 Å². The number of aromatic nitrogens is 3. The van der Waals surface area contributed by atoms with E-state index in [0.29, 0.717) is 17.9 Å². The van der Waals surface area contributed by atoms with Gasteiger partial charge in [-0.1, -0.05) is 19.9 Å². The Morgan fingerprint density at radius 3 is 2.65 bits per heavy atom. The molecule has 2 aromatic heterocycles. The molecule has 2 rings (SSSR count). The molecule has 0 aromatic carbocycles. The molecule has 1 atom stereocenters. The Kier molecular flexibility index (Phi) is 5.06. The monoisotopic (exact) mass is 290 g/mol. The second kappa shape index (κ2) is 6.79. The number of rotatable bonds is 6. The minimum atomic E-state index is 0.318. The van der Waals surface area contributed by atoms with Gasteiger partial charge < -0.3 is 5.32 Å². The van der Waals surface area contributed by atoms with E-state index in [1.54, 1.807) is 0 Å². The maximum absolute atomic E-state index is 4.49. The zero-order valence-corrected chi connectivity index (χ0v) is 13.4. The molecule has 2 aromatic rings. The topological polar surface area (TPSA) is 50.7 Å². The van der Waals surface area contributed by atoms with Gasteiger partial charge in [-0.3, -0.25) is 0 Å². The van der Waals surface area contributed by atoms with Crippen molar-refractivity contribution in [1.29, 1.82) is 0 Å². The zero-order chi connectivity index (χ0) is 14.5. The lowest BCUT2D eigenvalue weighted by Crippen LogP contribution is -2.19. The molecule has 2 heterocycles. The summed E-state index contributed by atoms with van der Waals surface area (Å²) in [5.41, 5.74) is 0. The number of nitrogens with one attached hydrogen (secondary N) is 1. The van der Waals surface area contributed by atoms with E-state index in [9.17, 15) is 0 Å². The Balaban J connectivity index is 1.95. The minimum absolute atomic E-state index is 0.318. The fraction of sp³-hybridized carbons (Fsp3) is 0.533. The first-order chi connectivity index (χ1) is 9.54. The second-order valence-corrected chi connectivity index (χ2v) is 6.41. The van der Waals surface area contributed by atoms with E-state index in [-0.39, 0.29) is 0 Å². The van der Waals surface area contributed by atoms with E-state index < -0.39 is 0 Å². The van der Waals surface area contributed by atoms with E-state index in [4.69, 9.17) is 0 Å². The second-order valence-electron chi connectivity index (χ2n) is 5.38. The Morgan fingerprint density at radius 2 is 2.00 bits per heavy atom. The first-order valence-corrected chi connectivity index (χ1v) is 7.94. The summed E-state index contributed by atoms with van der Waals surface area (Å²) < 4.78 is 0. The Bertz CT molecular complexity index is 537. The molecule has 108 valence electrons. The Morgan fingerprint density at radius 1 is 1.20 bits per heavy atom. The van der Waals surface area contributed by atoms with Crippen LogP contribution >= 0.6 is 11.3 Å². The van der Waals surface area contributed by atoms with E-state index in [0.717, 1.165) is 24.5 Å². The van der Waals surface area contributed by atoms with Gasteiger partial charge in [0, 0.05) is 16.8 Å². The number of nitrogens with zero attached hydrogens (tertiary/aromatic N) is 3. The van der Waals surface area contributed by atoms with Crippen molar-refractivity contribution in [2.75, 3.05) is 5.32 Å². The highest BCUT2D eigenvalue weighted by molar-refractivity contribution is 7.09. The highest BCUT2D eigenvalue weighted by atomic mass is 32.1. The average molecular weight is 290 g/mol. The van der Waals surface area contributed by atoms with Crippen LogP contribution in [0.4, 0.5) is 5.95 Å². The van der Waals surface area contributed by atoms with Crippen LogP contribution in [0.3, 0.4) is 0 Å². The molecule has 0 amide bonds. The summed E-state index contributed by atoms with van der Waals surface area (Å²) in [6.07, 6.45) is 2.16. The van der Waals surface area contributed by atoms with E-state index in [1.165, 1.54) is 4.88 Å². The summed E-state index contributed by atoms with van der Waals surface area (Å²) >= 11 is 1.81. The van der Waals surface area contributed by atoms with Crippen LogP contribution in [-0.4, -0.2) is 21.0 Å². The number of anilines is 1. The van der Waals surface area contributed by atoms with Gasteiger partial charge in [0.05, 0.1) is 0 Å². The first-order valence-electron chi connectivity index (χ1n) is 7.06. The van der Waals surface area contributed by atoms with Crippen molar-refractivity contribution < 1.29 is 0 Å². The molecular formula is C15H22N4S. The highest BCUT2D eigenvalue weighted by Gasteiger charge is 2.10. The summed E-state index contributed by atoms with van der Waals surface area (Å²) in [7, 11) is 0. The predicted molar refractivity (Wildman–Crippen MR) is 84.4 cm³/mol. The Hall–Kier alpha value is -1.49. The van der Waals surface area contributed by atoms with Crippen molar-refractivity contribution >= 4 is 17.3 Å². The van der Waals surface area contributed by atoms with Gasteiger partial charge in [0.25, 0.3) is 0 Å². The largest absolute Gasteiger partial charge is 0.352 e. The molecule has 1 unspecified atom stereocenters. The molecule has 20 heavy (non-hydrogen) atoms. The lowest BCUT2D eigenvalue weighted by atomic mass is 10.1. The smallest absolute Gasteiger partial charge is 0.226 e. The van der Waals surface area contributed by atoms with E-state index in [2.05, 4.69) is 58.6 Å². The highest BCUT2D eigenvalue weighted by Crippen LogP contribution is 2.15. The third kappa shape index (κ3) is 4.27. The van der Waals surface area contributed by atoms with Gasteiger partial charge in [0.2, 0.25) is 5.95 Å². The summed E-state index contributed by atoms with van der Waals surface area (Å²) in [4.78, 5) is 14.6. The van der Waals surface area contributed by atoms with Crippen molar-refractivity contribution in [3.63, 3.8) is 0 Å². The lowest BCUT2D eigenvalue weighted by molar-refractivity contribution is 0.690. The van der Waals surface area contributed by atoms with Crippen LogP contribution in [-0.2, 0) is 6.42 Å². The third-order valence-corrected chi connectivity index (χ3v) is 4.00. The van der Waals surface area contributed by atoms with Crippen molar-refractivity contribution in [3.8, 4) is 0 Å². The van der Waals surface area contributed by atoms with Crippen molar-refractivity contribution in [2.45, 2.75) is 52.5 Å². The maximum atomic E-state index is 4.49. The van der Waals surface area contributed by atoms with Crippen LogP contribution in [0.1, 0.15) is 49.6 Å². The van der Waals surface area contributed by atoms with Crippen molar-refractivity contribution in [2.24, 2.45) is 0 Å². The fourth-order valence-electron chi connectivity index (χ4n) is 1.93. The number of aryl methyl sites for hydroxylation is 2. The van der Waals surface area contributed by atoms with Gasteiger partial charge in [0.15, 0.2) is 0 Å². The molecule has 0 saturated carbocycles.